The molecule has 39 heavy (non-hydrogen) atoms. The average Bonchev–Trinajstić information content (AvgIpc) is 3.18. The summed E-state index contributed by atoms with van der Waals surface area (Å²) in [6.45, 7) is 3.39. The van der Waals surface area contributed by atoms with Gasteiger partial charge in [0.15, 0.2) is 0 Å². The fourth-order valence-electron chi connectivity index (χ4n) is 5.26. The van der Waals surface area contributed by atoms with E-state index in [0.29, 0.717) is 24.3 Å². The summed E-state index contributed by atoms with van der Waals surface area (Å²) in [5.74, 6) is -0.977. The highest BCUT2D eigenvalue weighted by atomic mass is 19.4. The molecule has 0 atom stereocenters. The van der Waals surface area contributed by atoms with Crippen molar-refractivity contribution in [3.05, 3.63) is 101 Å². The number of fused-ring (bicyclic) bond motifs is 2. The minimum atomic E-state index is -4.50. The SMILES string of the molecule is O=C1c2cccc(N3CCN(Cc4ccc5nccnc5c4)CC3)c2C(=O)N1Cc1cccc(C(F)(F)F)c1. The van der Waals surface area contributed by atoms with E-state index in [1.807, 2.05) is 18.2 Å². The van der Waals surface area contributed by atoms with Gasteiger partial charge in [-0.3, -0.25) is 29.4 Å². The molecule has 0 bridgehead atoms. The summed E-state index contributed by atoms with van der Waals surface area (Å²) in [4.78, 5) is 40.7. The van der Waals surface area contributed by atoms with E-state index in [0.717, 1.165) is 53.3 Å². The first-order valence-corrected chi connectivity index (χ1v) is 12.6. The van der Waals surface area contributed by atoms with Crippen molar-refractivity contribution in [3.63, 3.8) is 0 Å². The van der Waals surface area contributed by atoms with Gasteiger partial charge in [-0.05, 0) is 47.5 Å². The molecule has 1 saturated heterocycles. The Labute approximate surface area is 222 Å². The third-order valence-corrected chi connectivity index (χ3v) is 7.22. The van der Waals surface area contributed by atoms with Crippen molar-refractivity contribution in [2.45, 2.75) is 19.3 Å². The van der Waals surface area contributed by atoms with Crippen LogP contribution in [-0.4, -0.2) is 57.8 Å². The zero-order valence-electron chi connectivity index (χ0n) is 20.9. The lowest BCUT2D eigenvalue weighted by molar-refractivity contribution is -0.137. The van der Waals surface area contributed by atoms with Crippen molar-refractivity contribution in [2.75, 3.05) is 31.1 Å². The molecular formula is C29H24F3N5O2. The van der Waals surface area contributed by atoms with Crippen LogP contribution < -0.4 is 4.90 Å². The maximum Gasteiger partial charge on any atom is 0.416 e. The summed E-state index contributed by atoms with van der Waals surface area (Å²) in [5.41, 5.74) is 3.55. The van der Waals surface area contributed by atoms with Gasteiger partial charge < -0.3 is 4.90 Å². The second-order valence-electron chi connectivity index (χ2n) is 9.74. The maximum absolute atomic E-state index is 13.4. The van der Waals surface area contributed by atoms with E-state index >= 15 is 0 Å². The smallest absolute Gasteiger partial charge is 0.368 e. The van der Waals surface area contributed by atoms with Crippen LogP contribution in [0.25, 0.3) is 11.0 Å². The van der Waals surface area contributed by atoms with Gasteiger partial charge in [-0.25, -0.2) is 0 Å². The lowest BCUT2D eigenvalue weighted by Gasteiger charge is -2.36. The van der Waals surface area contributed by atoms with Gasteiger partial charge in [0.25, 0.3) is 11.8 Å². The first-order chi connectivity index (χ1) is 18.8. The van der Waals surface area contributed by atoms with Crippen LogP contribution in [0, 0.1) is 0 Å². The molecule has 2 amide bonds. The van der Waals surface area contributed by atoms with Crippen LogP contribution in [0.15, 0.2) is 73.1 Å². The number of hydrogen-bond donors (Lipinski definition) is 0. The Morgan fingerprint density at radius 2 is 1.46 bits per heavy atom. The molecule has 4 aromatic rings. The van der Waals surface area contributed by atoms with Gasteiger partial charge in [0.05, 0.1) is 40.0 Å². The molecule has 2 aliphatic rings. The van der Waals surface area contributed by atoms with E-state index in [1.165, 1.54) is 12.1 Å². The Hall–Kier alpha value is -4.31. The number of rotatable bonds is 5. The van der Waals surface area contributed by atoms with Gasteiger partial charge in [0.2, 0.25) is 0 Å². The molecule has 1 aromatic heterocycles. The van der Waals surface area contributed by atoms with E-state index in [-0.39, 0.29) is 17.7 Å². The monoisotopic (exact) mass is 531 g/mol. The number of hydrogen-bond acceptors (Lipinski definition) is 6. The highest BCUT2D eigenvalue weighted by molar-refractivity contribution is 6.23. The molecule has 7 nitrogen and oxygen atoms in total. The predicted molar refractivity (Wildman–Crippen MR) is 139 cm³/mol. The van der Waals surface area contributed by atoms with Crippen molar-refractivity contribution < 1.29 is 22.8 Å². The van der Waals surface area contributed by atoms with Crippen molar-refractivity contribution in [2.24, 2.45) is 0 Å². The van der Waals surface area contributed by atoms with Gasteiger partial charge in [-0.15, -0.1) is 0 Å². The highest BCUT2D eigenvalue weighted by Crippen LogP contribution is 2.34. The molecule has 1 fully saturated rings. The van der Waals surface area contributed by atoms with E-state index < -0.39 is 23.6 Å². The topological polar surface area (TPSA) is 69.6 Å². The number of carbonyl (C=O) groups is 2. The number of halogens is 3. The van der Waals surface area contributed by atoms with Crippen LogP contribution >= 0.6 is 0 Å². The van der Waals surface area contributed by atoms with Crippen LogP contribution in [0.5, 0.6) is 0 Å². The zero-order valence-corrected chi connectivity index (χ0v) is 20.9. The Morgan fingerprint density at radius 1 is 0.744 bits per heavy atom. The Bertz CT molecular complexity index is 1580. The third-order valence-electron chi connectivity index (χ3n) is 7.22. The fraction of sp³-hybridized carbons (Fsp3) is 0.241. The molecule has 3 aromatic carbocycles. The van der Waals surface area contributed by atoms with E-state index in [2.05, 4.69) is 25.8 Å². The van der Waals surface area contributed by atoms with E-state index in [4.69, 9.17) is 0 Å². The molecule has 0 saturated carbocycles. The Balaban J connectivity index is 1.16. The van der Waals surface area contributed by atoms with E-state index in [1.54, 1.807) is 24.5 Å². The number of benzene rings is 3. The molecule has 6 rings (SSSR count). The van der Waals surface area contributed by atoms with Crippen LogP contribution in [0.2, 0.25) is 0 Å². The van der Waals surface area contributed by atoms with Gasteiger partial charge in [-0.2, -0.15) is 13.2 Å². The summed E-state index contributed by atoms with van der Waals surface area (Å²) in [7, 11) is 0. The van der Waals surface area contributed by atoms with Crippen molar-refractivity contribution in [1.82, 2.24) is 19.8 Å². The first-order valence-electron chi connectivity index (χ1n) is 12.6. The van der Waals surface area contributed by atoms with Gasteiger partial charge in [-0.1, -0.05) is 24.3 Å². The average molecular weight is 532 g/mol. The summed E-state index contributed by atoms with van der Waals surface area (Å²) in [6.07, 6.45) is -1.16. The minimum Gasteiger partial charge on any atom is -0.368 e. The summed E-state index contributed by atoms with van der Waals surface area (Å²) < 4.78 is 39.5. The molecule has 0 unspecified atom stereocenters. The quantitative estimate of drug-likeness (QED) is 0.346. The lowest BCUT2D eigenvalue weighted by atomic mass is 10.1. The summed E-state index contributed by atoms with van der Waals surface area (Å²) >= 11 is 0. The van der Waals surface area contributed by atoms with Crippen LogP contribution in [-0.2, 0) is 19.3 Å². The maximum atomic E-state index is 13.4. The minimum absolute atomic E-state index is 0.223. The number of nitrogens with zero attached hydrogens (tertiary/aromatic N) is 5. The molecule has 0 aliphatic carbocycles. The number of piperazine rings is 1. The Morgan fingerprint density at radius 3 is 2.23 bits per heavy atom. The molecule has 0 radical (unpaired) electrons. The number of carbonyl (C=O) groups excluding carboxylic acids is 2. The van der Waals surface area contributed by atoms with Crippen molar-refractivity contribution in [1.29, 1.82) is 0 Å². The normalized spacial score (nSPS) is 16.3. The molecule has 0 spiro atoms. The fourth-order valence-corrected chi connectivity index (χ4v) is 5.26. The molecule has 0 N–H and O–H groups in total. The number of imide groups is 1. The van der Waals surface area contributed by atoms with Gasteiger partial charge in [0.1, 0.15) is 0 Å². The largest absolute Gasteiger partial charge is 0.416 e. The summed E-state index contributed by atoms with van der Waals surface area (Å²) in [6, 6.07) is 16.0. The molecule has 3 heterocycles. The lowest BCUT2D eigenvalue weighted by Crippen LogP contribution is -2.46. The number of anilines is 1. The summed E-state index contributed by atoms with van der Waals surface area (Å²) in [5, 5.41) is 0. The second kappa shape index (κ2) is 9.77. The first kappa shape index (κ1) is 25.0. The van der Waals surface area contributed by atoms with Crippen molar-refractivity contribution in [3.8, 4) is 0 Å². The molecule has 198 valence electrons. The zero-order chi connectivity index (χ0) is 27.1. The van der Waals surface area contributed by atoms with Gasteiger partial charge >= 0.3 is 6.18 Å². The second-order valence-corrected chi connectivity index (χ2v) is 9.74. The van der Waals surface area contributed by atoms with Crippen molar-refractivity contribution >= 4 is 28.5 Å². The molecule has 2 aliphatic heterocycles. The number of alkyl halides is 3. The van der Waals surface area contributed by atoms with Gasteiger partial charge in [0, 0.05) is 45.1 Å². The van der Waals surface area contributed by atoms with E-state index in [9.17, 15) is 22.8 Å². The standard InChI is InChI=1S/C29H24F3N5O2/c30-29(31,32)21-4-1-3-19(15-21)18-37-27(38)22-5-2-6-25(26(22)28(37)39)36-13-11-35(12-14-36)17-20-7-8-23-24(16-20)34-10-9-33-23/h1-10,15-16H,11-14,17-18H2. The molecular weight excluding hydrogens is 507 g/mol. The highest BCUT2D eigenvalue weighted by Gasteiger charge is 2.39. The third kappa shape index (κ3) is 4.83. The number of amides is 2. The Kier molecular flexibility index (Phi) is 6.26. The van der Waals surface area contributed by atoms with Crippen LogP contribution in [0.3, 0.4) is 0 Å². The molecule has 10 heteroatoms. The van der Waals surface area contributed by atoms with Crippen LogP contribution in [0.4, 0.5) is 18.9 Å². The predicted octanol–water partition coefficient (Wildman–Crippen LogP) is 4.77. The van der Waals surface area contributed by atoms with Crippen LogP contribution in [0.1, 0.15) is 37.4 Å². The number of aromatic nitrogens is 2.